The van der Waals surface area contributed by atoms with Crippen LogP contribution >= 0.6 is 0 Å². The second-order valence-corrected chi connectivity index (χ2v) is 3.87. The molecule has 10 heteroatoms. The van der Waals surface area contributed by atoms with Crippen molar-refractivity contribution in [1.82, 2.24) is 30.1 Å². The predicted molar refractivity (Wildman–Crippen MR) is 65.4 cm³/mol. The molecule has 0 aromatic carbocycles. The van der Waals surface area contributed by atoms with Crippen molar-refractivity contribution in [3.8, 4) is 11.7 Å². The van der Waals surface area contributed by atoms with Gasteiger partial charge < -0.3 is 19.3 Å². The molecule has 0 amide bonds. The molecule has 20 heavy (non-hydrogen) atoms. The number of amidine groups is 1. The van der Waals surface area contributed by atoms with Gasteiger partial charge in [0.05, 0.1) is 0 Å². The highest BCUT2D eigenvalue weighted by Crippen LogP contribution is 2.18. The van der Waals surface area contributed by atoms with Gasteiger partial charge in [-0.1, -0.05) is 10.3 Å². The molecule has 4 heterocycles. The van der Waals surface area contributed by atoms with Crippen LogP contribution in [0.2, 0.25) is 0 Å². The zero-order valence-electron chi connectivity index (χ0n) is 10.0. The van der Waals surface area contributed by atoms with E-state index >= 15 is 0 Å². The minimum atomic E-state index is 0.230. The molecule has 1 aliphatic rings. The van der Waals surface area contributed by atoms with Crippen molar-refractivity contribution < 1.29 is 9.36 Å². The monoisotopic (exact) mass is 272 g/mol. The molecule has 0 saturated carbocycles. The maximum Gasteiger partial charge on any atom is 0.294 e. The normalized spacial score (nSPS) is 14.4. The van der Waals surface area contributed by atoms with Gasteiger partial charge in [0.25, 0.3) is 5.89 Å². The summed E-state index contributed by atoms with van der Waals surface area (Å²) >= 11 is 0. The average molecular weight is 272 g/mol. The van der Waals surface area contributed by atoms with E-state index in [9.17, 15) is 0 Å². The number of hydrogen-bond acceptors (Lipinski definition) is 8. The van der Waals surface area contributed by atoms with Crippen molar-refractivity contribution in [2.45, 2.75) is 0 Å². The number of hydrogen-bond donors (Lipinski definition) is 2. The first-order valence-corrected chi connectivity index (χ1v) is 5.72. The van der Waals surface area contributed by atoms with E-state index in [1.165, 1.54) is 0 Å². The van der Waals surface area contributed by atoms with E-state index in [0.717, 1.165) is 0 Å². The van der Waals surface area contributed by atoms with E-state index < -0.39 is 0 Å². The Balaban J connectivity index is 1.67. The highest BCUT2D eigenvalue weighted by atomic mass is 16.7. The molecule has 10 nitrogen and oxygen atoms in total. The lowest BCUT2D eigenvalue weighted by Crippen LogP contribution is -2.29. The number of aromatic amines is 2. The lowest BCUT2D eigenvalue weighted by Gasteiger charge is -2.10. The molecule has 3 aromatic heterocycles. The summed E-state index contributed by atoms with van der Waals surface area (Å²) in [4.78, 5) is 25.0. The van der Waals surface area contributed by atoms with Crippen LogP contribution in [0, 0.1) is 0 Å². The first-order chi connectivity index (χ1) is 9.92. The quantitative estimate of drug-likeness (QED) is 0.704. The number of anilines is 1. The number of nitrogens with zero attached hydrogens (tertiary/aromatic N) is 6. The molecule has 0 aliphatic carbocycles. The number of H-pyrrole nitrogens is 2. The molecule has 0 spiro atoms. The minimum Gasteiger partial charge on any atom is -0.371 e. The lowest BCUT2D eigenvalue weighted by atomic mass is 10.5. The fourth-order valence-electron chi connectivity index (χ4n) is 1.78. The van der Waals surface area contributed by atoms with E-state index in [1.54, 1.807) is 29.7 Å². The molecular formula is C10H8N8O2. The topological polar surface area (TPSA) is 121 Å². The summed E-state index contributed by atoms with van der Waals surface area (Å²) in [6.45, 7) is 0.230. The Morgan fingerprint density at radius 2 is 2.05 bits per heavy atom. The third-order valence-electron chi connectivity index (χ3n) is 2.66. The van der Waals surface area contributed by atoms with Crippen molar-refractivity contribution >= 4 is 11.8 Å². The van der Waals surface area contributed by atoms with Crippen molar-refractivity contribution in [1.29, 1.82) is 0 Å². The van der Waals surface area contributed by atoms with Gasteiger partial charge in [0.15, 0.2) is 12.6 Å². The summed E-state index contributed by atoms with van der Waals surface area (Å²) in [6.07, 6.45) is 6.61. The van der Waals surface area contributed by atoms with E-state index in [4.69, 9.17) is 9.36 Å². The molecular weight excluding hydrogens is 264 g/mol. The van der Waals surface area contributed by atoms with Crippen LogP contribution in [0.15, 0.2) is 34.5 Å². The third-order valence-corrected chi connectivity index (χ3v) is 2.66. The number of aromatic nitrogens is 6. The Morgan fingerprint density at radius 1 is 1.15 bits per heavy atom. The van der Waals surface area contributed by atoms with E-state index in [1.807, 2.05) is 0 Å². The number of imidazole rings is 2. The van der Waals surface area contributed by atoms with Gasteiger partial charge in [0, 0.05) is 24.8 Å². The van der Waals surface area contributed by atoms with Gasteiger partial charge in [-0.15, -0.1) is 0 Å². The van der Waals surface area contributed by atoms with E-state index in [-0.39, 0.29) is 12.6 Å². The molecule has 4 rings (SSSR count). The molecule has 0 radical (unpaired) electrons. The molecule has 0 bridgehead atoms. The first kappa shape index (κ1) is 10.7. The molecule has 0 atom stereocenters. The predicted octanol–water partition coefficient (Wildman–Crippen LogP) is 0.339. The van der Waals surface area contributed by atoms with Crippen LogP contribution in [-0.4, -0.2) is 42.6 Å². The molecule has 0 saturated heterocycles. The van der Waals surface area contributed by atoms with Gasteiger partial charge in [-0.05, 0) is 0 Å². The zero-order valence-corrected chi connectivity index (χ0v) is 10.0. The summed E-state index contributed by atoms with van der Waals surface area (Å²) in [5.41, 5.74) is 0. The van der Waals surface area contributed by atoms with Crippen LogP contribution < -0.4 is 4.90 Å². The van der Waals surface area contributed by atoms with Crippen molar-refractivity contribution in [2.75, 3.05) is 11.6 Å². The van der Waals surface area contributed by atoms with Crippen molar-refractivity contribution in [3.63, 3.8) is 0 Å². The van der Waals surface area contributed by atoms with Crippen molar-refractivity contribution in [2.24, 2.45) is 5.16 Å². The van der Waals surface area contributed by atoms with Gasteiger partial charge in [-0.2, -0.15) is 4.98 Å². The summed E-state index contributed by atoms with van der Waals surface area (Å²) in [7, 11) is 0. The Bertz CT molecular complexity index is 729. The molecule has 100 valence electrons. The van der Waals surface area contributed by atoms with Crippen LogP contribution in [-0.2, 0) is 4.84 Å². The van der Waals surface area contributed by atoms with Gasteiger partial charge in [-0.25, -0.2) is 9.97 Å². The van der Waals surface area contributed by atoms with Crippen LogP contribution in [0.4, 0.5) is 5.95 Å². The summed E-state index contributed by atoms with van der Waals surface area (Å²) in [5.74, 6) is 2.07. The SMILES string of the molecule is c1c[nH]c(-c2nc(C3=NOCN3c3ncc[nH]3)no2)n1. The van der Waals surface area contributed by atoms with Crippen LogP contribution in [0.1, 0.15) is 5.82 Å². The van der Waals surface area contributed by atoms with Crippen LogP contribution in [0.3, 0.4) is 0 Å². The smallest absolute Gasteiger partial charge is 0.294 e. The maximum atomic E-state index is 5.14. The Labute approximate surface area is 111 Å². The van der Waals surface area contributed by atoms with Gasteiger partial charge in [0.1, 0.15) is 0 Å². The van der Waals surface area contributed by atoms with Crippen LogP contribution in [0.5, 0.6) is 0 Å². The minimum absolute atomic E-state index is 0.230. The Morgan fingerprint density at radius 3 is 2.85 bits per heavy atom. The summed E-state index contributed by atoms with van der Waals surface area (Å²) in [5, 5.41) is 7.78. The standard InChI is InChI=1S/C10H8N8O2/c1-2-12-7(11-1)9-15-6(16-20-9)8-17-19-5-18(8)10-13-3-4-14-10/h1-4H,5H2,(H,11,12)(H,13,14). The Kier molecular flexibility index (Phi) is 2.25. The largest absolute Gasteiger partial charge is 0.371 e. The van der Waals surface area contributed by atoms with Crippen molar-refractivity contribution in [3.05, 3.63) is 30.6 Å². The average Bonchev–Trinajstić information content (AvgIpc) is 3.23. The molecule has 3 aromatic rings. The molecule has 2 N–H and O–H groups in total. The van der Waals surface area contributed by atoms with Gasteiger partial charge in [-0.3, -0.25) is 4.90 Å². The van der Waals surface area contributed by atoms with Gasteiger partial charge in [0.2, 0.25) is 17.6 Å². The highest BCUT2D eigenvalue weighted by Gasteiger charge is 2.28. The number of rotatable bonds is 3. The fourth-order valence-corrected chi connectivity index (χ4v) is 1.78. The maximum absolute atomic E-state index is 5.14. The summed E-state index contributed by atoms with van der Waals surface area (Å²) < 4.78 is 5.14. The van der Waals surface area contributed by atoms with E-state index in [2.05, 4.69) is 35.2 Å². The lowest BCUT2D eigenvalue weighted by molar-refractivity contribution is 0.174. The van der Waals surface area contributed by atoms with Gasteiger partial charge >= 0.3 is 0 Å². The second kappa shape index (κ2) is 4.19. The highest BCUT2D eigenvalue weighted by molar-refractivity contribution is 6.06. The summed E-state index contributed by atoms with van der Waals surface area (Å²) in [6, 6.07) is 0. The third kappa shape index (κ3) is 1.62. The molecule has 0 unspecified atom stereocenters. The second-order valence-electron chi connectivity index (χ2n) is 3.87. The fraction of sp³-hybridized carbons (Fsp3) is 0.100. The first-order valence-electron chi connectivity index (χ1n) is 5.72. The molecule has 1 aliphatic heterocycles. The zero-order chi connectivity index (χ0) is 13.4. The molecule has 0 fully saturated rings. The van der Waals surface area contributed by atoms with Crippen LogP contribution in [0.25, 0.3) is 11.7 Å². The Hall–Kier alpha value is -3.17. The van der Waals surface area contributed by atoms with E-state index in [0.29, 0.717) is 23.4 Å². The number of nitrogens with one attached hydrogen (secondary N) is 2. The number of oxime groups is 1.